The second kappa shape index (κ2) is 6.57. The van der Waals surface area contributed by atoms with E-state index in [4.69, 9.17) is 16.3 Å². The maximum atomic E-state index is 6.15. The highest BCUT2D eigenvalue weighted by molar-refractivity contribution is 7.09. The Morgan fingerprint density at radius 1 is 1.45 bits per heavy atom. The molecule has 0 aliphatic rings. The van der Waals surface area contributed by atoms with Crippen LogP contribution in [0.2, 0.25) is 5.02 Å². The standard InChI is InChI=1S/C15H19ClN2OS/c1-4-15(2,14-17-7-8-20-14)18-10-11-5-6-13(19-3)12(16)9-11/h5-9,18H,4,10H2,1-3H3/t15-/m1/s1. The van der Waals surface area contributed by atoms with Gasteiger partial charge in [-0.25, -0.2) is 4.98 Å². The summed E-state index contributed by atoms with van der Waals surface area (Å²) in [5.74, 6) is 0.702. The topological polar surface area (TPSA) is 34.1 Å². The molecule has 0 aliphatic carbocycles. The lowest BCUT2D eigenvalue weighted by molar-refractivity contribution is 0.349. The van der Waals surface area contributed by atoms with Gasteiger partial charge in [-0.15, -0.1) is 11.3 Å². The van der Waals surface area contributed by atoms with Crippen LogP contribution in [-0.4, -0.2) is 12.1 Å². The smallest absolute Gasteiger partial charge is 0.137 e. The molecule has 1 heterocycles. The molecule has 1 atom stereocenters. The Labute approximate surface area is 129 Å². The number of halogens is 1. The van der Waals surface area contributed by atoms with Crippen LogP contribution in [0.25, 0.3) is 0 Å². The highest BCUT2D eigenvalue weighted by atomic mass is 35.5. The Hall–Kier alpha value is -1.10. The minimum absolute atomic E-state index is 0.111. The Balaban J connectivity index is 2.09. The quantitative estimate of drug-likeness (QED) is 0.867. The van der Waals surface area contributed by atoms with Crippen LogP contribution in [-0.2, 0) is 12.1 Å². The van der Waals surface area contributed by atoms with Gasteiger partial charge < -0.3 is 10.1 Å². The zero-order valence-corrected chi connectivity index (χ0v) is 13.5. The molecule has 0 saturated carbocycles. The van der Waals surface area contributed by atoms with Gasteiger partial charge in [0, 0.05) is 18.1 Å². The molecule has 0 aliphatic heterocycles. The van der Waals surface area contributed by atoms with Crippen molar-refractivity contribution in [2.24, 2.45) is 0 Å². The number of hydrogen-bond acceptors (Lipinski definition) is 4. The Bertz CT molecular complexity index is 559. The number of aromatic nitrogens is 1. The van der Waals surface area contributed by atoms with E-state index in [1.165, 1.54) is 0 Å². The number of benzene rings is 1. The molecule has 5 heteroatoms. The van der Waals surface area contributed by atoms with Gasteiger partial charge in [-0.3, -0.25) is 0 Å². The molecule has 1 N–H and O–H groups in total. The van der Waals surface area contributed by atoms with Crippen molar-refractivity contribution in [2.45, 2.75) is 32.4 Å². The highest BCUT2D eigenvalue weighted by Gasteiger charge is 2.26. The number of rotatable bonds is 6. The second-order valence-electron chi connectivity index (χ2n) is 4.85. The van der Waals surface area contributed by atoms with E-state index in [9.17, 15) is 0 Å². The van der Waals surface area contributed by atoms with Gasteiger partial charge in [0.05, 0.1) is 17.7 Å². The summed E-state index contributed by atoms with van der Waals surface area (Å²) in [5, 5.41) is 7.34. The fourth-order valence-electron chi connectivity index (χ4n) is 1.96. The third kappa shape index (κ3) is 3.32. The van der Waals surface area contributed by atoms with E-state index in [0.717, 1.165) is 23.5 Å². The Morgan fingerprint density at radius 2 is 2.25 bits per heavy atom. The van der Waals surface area contributed by atoms with Crippen LogP contribution < -0.4 is 10.1 Å². The predicted molar refractivity (Wildman–Crippen MR) is 84.6 cm³/mol. The Morgan fingerprint density at radius 3 is 2.80 bits per heavy atom. The van der Waals surface area contributed by atoms with Crippen molar-refractivity contribution in [3.63, 3.8) is 0 Å². The van der Waals surface area contributed by atoms with Crippen LogP contribution in [0.4, 0.5) is 0 Å². The number of methoxy groups -OCH3 is 1. The monoisotopic (exact) mass is 310 g/mol. The van der Waals surface area contributed by atoms with E-state index in [0.29, 0.717) is 10.8 Å². The van der Waals surface area contributed by atoms with Gasteiger partial charge in [0.1, 0.15) is 10.8 Å². The SMILES string of the molecule is CC[C@@](C)(NCc1ccc(OC)c(Cl)c1)c1nccs1. The third-order valence-corrected chi connectivity index (χ3v) is 4.84. The van der Waals surface area contributed by atoms with Crippen LogP contribution >= 0.6 is 22.9 Å². The minimum atomic E-state index is -0.111. The zero-order valence-electron chi connectivity index (χ0n) is 11.9. The average Bonchev–Trinajstić information content (AvgIpc) is 3.00. The molecule has 2 rings (SSSR count). The van der Waals surface area contributed by atoms with Crippen molar-refractivity contribution in [3.8, 4) is 5.75 Å². The number of nitrogens with one attached hydrogen (secondary N) is 1. The largest absolute Gasteiger partial charge is 0.495 e. The molecular weight excluding hydrogens is 292 g/mol. The van der Waals surface area contributed by atoms with Crippen molar-refractivity contribution < 1.29 is 4.74 Å². The molecule has 0 saturated heterocycles. The van der Waals surface area contributed by atoms with Gasteiger partial charge in [-0.2, -0.15) is 0 Å². The van der Waals surface area contributed by atoms with Gasteiger partial charge in [0.15, 0.2) is 0 Å². The second-order valence-corrected chi connectivity index (χ2v) is 6.15. The van der Waals surface area contributed by atoms with E-state index >= 15 is 0 Å². The summed E-state index contributed by atoms with van der Waals surface area (Å²) < 4.78 is 5.16. The Kier molecular flexibility index (Phi) is 5.02. The molecule has 0 spiro atoms. The first-order valence-electron chi connectivity index (χ1n) is 6.56. The van der Waals surface area contributed by atoms with Gasteiger partial charge in [-0.1, -0.05) is 24.6 Å². The van der Waals surface area contributed by atoms with E-state index in [1.807, 2.05) is 29.8 Å². The molecule has 0 unspecified atom stereocenters. The lowest BCUT2D eigenvalue weighted by Gasteiger charge is -2.27. The molecule has 2 aromatic rings. The van der Waals surface area contributed by atoms with E-state index in [1.54, 1.807) is 18.4 Å². The van der Waals surface area contributed by atoms with Crippen molar-refractivity contribution >= 4 is 22.9 Å². The first-order chi connectivity index (χ1) is 9.59. The molecule has 0 fully saturated rings. The molecule has 0 radical (unpaired) electrons. The van der Waals surface area contributed by atoms with E-state index in [-0.39, 0.29) is 5.54 Å². The summed E-state index contributed by atoms with van der Waals surface area (Å²) in [5.41, 5.74) is 1.02. The highest BCUT2D eigenvalue weighted by Crippen LogP contribution is 2.28. The summed E-state index contributed by atoms with van der Waals surface area (Å²) in [6.07, 6.45) is 2.82. The molecule has 0 amide bonds. The van der Waals surface area contributed by atoms with Crippen molar-refractivity contribution in [2.75, 3.05) is 7.11 Å². The molecule has 20 heavy (non-hydrogen) atoms. The maximum absolute atomic E-state index is 6.15. The van der Waals surface area contributed by atoms with E-state index < -0.39 is 0 Å². The minimum Gasteiger partial charge on any atom is -0.495 e. The molecular formula is C15H19ClN2OS. The third-order valence-electron chi connectivity index (χ3n) is 3.51. The van der Waals surface area contributed by atoms with Crippen LogP contribution in [0.15, 0.2) is 29.8 Å². The first kappa shape index (κ1) is 15.3. The first-order valence-corrected chi connectivity index (χ1v) is 7.82. The van der Waals surface area contributed by atoms with Gasteiger partial charge in [-0.05, 0) is 31.0 Å². The van der Waals surface area contributed by atoms with Gasteiger partial charge in [0.2, 0.25) is 0 Å². The lowest BCUT2D eigenvalue weighted by atomic mass is 9.99. The summed E-state index contributed by atoms with van der Waals surface area (Å²) in [6, 6.07) is 5.85. The fourth-order valence-corrected chi connectivity index (χ4v) is 3.09. The number of hydrogen-bond donors (Lipinski definition) is 1. The van der Waals surface area contributed by atoms with Crippen LogP contribution in [0.3, 0.4) is 0 Å². The lowest BCUT2D eigenvalue weighted by Crippen LogP contribution is -2.38. The van der Waals surface area contributed by atoms with E-state index in [2.05, 4.69) is 24.1 Å². The van der Waals surface area contributed by atoms with Crippen LogP contribution in [0.1, 0.15) is 30.8 Å². The van der Waals surface area contributed by atoms with Gasteiger partial charge in [0.25, 0.3) is 0 Å². The van der Waals surface area contributed by atoms with Crippen molar-refractivity contribution in [1.29, 1.82) is 0 Å². The number of nitrogens with zero attached hydrogens (tertiary/aromatic N) is 1. The predicted octanol–water partition coefficient (Wildman–Crippen LogP) is 4.22. The van der Waals surface area contributed by atoms with Gasteiger partial charge >= 0.3 is 0 Å². The van der Waals surface area contributed by atoms with Crippen LogP contribution in [0, 0.1) is 0 Å². The molecule has 3 nitrogen and oxygen atoms in total. The van der Waals surface area contributed by atoms with Crippen molar-refractivity contribution in [1.82, 2.24) is 10.3 Å². The number of thiazole rings is 1. The molecule has 1 aromatic carbocycles. The summed E-state index contributed by atoms with van der Waals surface area (Å²) >= 11 is 7.83. The van der Waals surface area contributed by atoms with Crippen LogP contribution in [0.5, 0.6) is 5.75 Å². The normalized spacial score (nSPS) is 14.0. The molecule has 108 valence electrons. The summed E-state index contributed by atoms with van der Waals surface area (Å²) in [7, 11) is 1.62. The maximum Gasteiger partial charge on any atom is 0.137 e. The summed E-state index contributed by atoms with van der Waals surface area (Å²) in [6.45, 7) is 5.08. The average molecular weight is 311 g/mol. The van der Waals surface area contributed by atoms with Crippen molar-refractivity contribution in [3.05, 3.63) is 45.4 Å². The molecule has 1 aromatic heterocycles. The zero-order chi connectivity index (χ0) is 14.6. The summed E-state index contributed by atoms with van der Waals surface area (Å²) in [4.78, 5) is 4.43. The number of ether oxygens (including phenoxy) is 1. The molecule has 0 bridgehead atoms. The fraction of sp³-hybridized carbons (Fsp3) is 0.400.